The number of halogens is 2. The van der Waals surface area contributed by atoms with Crippen LogP contribution in [0.25, 0.3) is 0 Å². The molecular formula is C34H43Cl2N5O8S. The van der Waals surface area contributed by atoms with Crippen molar-refractivity contribution in [3.63, 3.8) is 0 Å². The summed E-state index contributed by atoms with van der Waals surface area (Å²) < 4.78 is 33.3. The summed E-state index contributed by atoms with van der Waals surface area (Å²) in [5.41, 5.74) is 1.14. The average Bonchev–Trinajstić information content (AvgIpc) is 3.62. The Labute approximate surface area is 302 Å². The molecule has 0 aromatic heterocycles. The standard InChI is InChI=1S/C34H43Cl2N5O8S/c35-25-21-26(36)23-28(22-25)50(47,48)41-13-4-7-30(41)32(43)37-29(33(44)45)8-9-31(42)39-14-10-24(11-15-39)12-20-49-34(46)40-18-16-38(17-19-40)27-5-2-1-3-6-27/h1-3,5-6,21-24,29-30H,4,7-20H2,(H,37,43)(H,44,45)/t29?,30-/m0/s1. The number of hydrogen-bond donors (Lipinski definition) is 2. The van der Waals surface area contributed by atoms with Crippen molar-refractivity contribution >= 4 is 62.8 Å². The van der Waals surface area contributed by atoms with Crippen LogP contribution >= 0.6 is 23.2 Å². The van der Waals surface area contributed by atoms with Gasteiger partial charge in [0.25, 0.3) is 0 Å². The zero-order valence-corrected chi connectivity index (χ0v) is 30.0. The Balaban J connectivity index is 1.02. The third-order valence-electron chi connectivity index (χ3n) is 9.59. The molecule has 16 heteroatoms. The first kappa shape index (κ1) is 37.7. The number of nitrogens with zero attached hydrogens (tertiary/aromatic N) is 4. The highest BCUT2D eigenvalue weighted by molar-refractivity contribution is 7.89. The van der Waals surface area contributed by atoms with Crippen molar-refractivity contribution in [1.82, 2.24) is 19.4 Å². The first-order chi connectivity index (χ1) is 23.9. The van der Waals surface area contributed by atoms with E-state index >= 15 is 0 Å². The van der Waals surface area contributed by atoms with Gasteiger partial charge in [0.2, 0.25) is 21.8 Å². The van der Waals surface area contributed by atoms with E-state index in [0.717, 1.165) is 35.9 Å². The van der Waals surface area contributed by atoms with Gasteiger partial charge in [-0.05, 0) is 74.8 Å². The highest BCUT2D eigenvalue weighted by atomic mass is 35.5. The Hall–Kier alpha value is -3.59. The van der Waals surface area contributed by atoms with Crippen LogP contribution in [0.4, 0.5) is 10.5 Å². The van der Waals surface area contributed by atoms with Gasteiger partial charge >= 0.3 is 12.1 Å². The lowest BCUT2D eigenvalue weighted by Crippen LogP contribution is -2.51. The first-order valence-corrected chi connectivity index (χ1v) is 19.1. The van der Waals surface area contributed by atoms with Crippen LogP contribution in [0.5, 0.6) is 0 Å². The van der Waals surface area contributed by atoms with Gasteiger partial charge in [-0.3, -0.25) is 9.59 Å². The van der Waals surface area contributed by atoms with Crippen molar-refractivity contribution in [2.75, 3.05) is 57.3 Å². The summed E-state index contributed by atoms with van der Waals surface area (Å²) in [6.45, 7) is 4.08. The van der Waals surface area contributed by atoms with Crippen molar-refractivity contribution in [3.05, 3.63) is 58.6 Å². The Morgan fingerprint density at radius 3 is 2.18 bits per heavy atom. The molecule has 13 nitrogen and oxygen atoms in total. The van der Waals surface area contributed by atoms with Crippen LogP contribution in [-0.2, 0) is 29.1 Å². The number of carboxylic acid groups (broad SMARTS) is 1. The predicted molar refractivity (Wildman–Crippen MR) is 188 cm³/mol. The Morgan fingerprint density at radius 2 is 1.54 bits per heavy atom. The number of likely N-dealkylation sites (tertiary alicyclic amines) is 1. The maximum absolute atomic E-state index is 13.3. The SMILES string of the molecule is O=C(O)C(CCC(=O)N1CCC(CCOC(=O)N2CCN(c3ccccc3)CC2)CC1)NC(=O)[C@@H]1CCCN1S(=O)(=O)c1cc(Cl)cc(Cl)c1. The maximum Gasteiger partial charge on any atom is 0.409 e. The van der Waals surface area contributed by atoms with Crippen LogP contribution in [0.2, 0.25) is 10.0 Å². The van der Waals surface area contributed by atoms with Crippen LogP contribution in [-0.4, -0.2) is 116 Å². The number of carbonyl (C=O) groups is 4. The normalized spacial score (nSPS) is 19.6. The summed E-state index contributed by atoms with van der Waals surface area (Å²) in [5.74, 6) is -1.98. The summed E-state index contributed by atoms with van der Waals surface area (Å²) in [4.78, 5) is 56.3. The minimum absolute atomic E-state index is 0.0751. The van der Waals surface area contributed by atoms with Gasteiger partial charge in [0, 0.05) is 68.0 Å². The number of sulfonamides is 1. The van der Waals surface area contributed by atoms with E-state index in [2.05, 4.69) is 22.3 Å². The summed E-state index contributed by atoms with van der Waals surface area (Å²) in [6, 6.07) is 11.5. The number of anilines is 1. The molecule has 3 aliphatic heterocycles. The Morgan fingerprint density at radius 1 is 0.880 bits per heavy atom. The van der Waals surface area contributed by atoms with E-state index in [0.29, 0.717) is 51.5 Å². The highest BCUT2D eigenvalue weighted by Crippen LogP contribution is 2.30. The molecule has 3 fully saturated rings. The highest BCUT2D eigenvalue weighted by Gasteiger charge is 2.41. The van der Waals surface area contributed by atoms with E-state index in [4.69, 9.17) is 27.9 Å². The number of para-hydroxylation sites is 1. The summed E-state index contributed by atoms with van der Waals surface area (Å²) in [7, 11) is -4.14. The molecule has 2 aromatic carbocycles. The molecule has 272 valence electrons. The number of piperidine rings is 1. The van der Waals surface area contributed by atoms with Gasteiger partial charge in [0.05, 0.1) is 11.5 Å². The van der Waals surface area contributed by atoms with Crippen molar-refractivity contribution in [3.8, 4) is 0 Å². The van der Waals surface area contributed by atoms with Crippen molar-refractivity contribution in [2.24, 2.45) is 5.92 Å². The van der Waals surface area contributed by atoms with E-state index in [-0.39, 0.29) is 52.7 Å². The molecule has 2 aromatic rings. The van der Waals surface area contributed by atoms with Crippen LogP contribution in [0.3, 0.4) is 0 Å². The number of piperazine rings is 1. The fourth-order valence-electron chi connectivity index (χ4n) is 6.72. The topological polar surface area (TPSA) is 157 Å². The van der Waals surface area contributed by atoms with E-state index in [1.54, 1.807) is 9.80 Å². The zero-order chi connectivity index (χ0) is 35.8. The van der Waals surface area contributed by atoms with E-state index in [1.165, 1.54) is 18.2 Å². The number of carbonyl (C=O) groups excluding carboxylic acids is 3. The van der Waals surface area contributed by atoms with Gasteiger partial charge in [-0.1, -0.05) is 41.4 Å². The molecule has 3 aliphatic rings. The lowest BCUT2D eigenvalue weighted by atomic mass is 9.93. The van der Waals surface area contributed by atoms with Crippen molar-refractivity contribution in [2.45, 2.75) is 61.9 Å². The molecule has 2 atom stereocenters. The predicted octanol–water partition coefficient (Wildman–Crippen LogP) is 4.08. The maximum atomic E-state index is 13.3. The van der Waals surface area contributed by atoms with Crippen LogP contribution < -0.4 is 10.2 Å². The molecule has 2 N–H and O–H groups in total. The second-order valence-corrected chi connectivity index (χ2v) is 15.6. The minimum atomic E-state index is -4.14. The molecule has 5 rings (SSSR count). The summed E-state index contributed by atoms with van der Waals surface area (Å²) >= 11 is 12.0. The molecular weight excluding hydrogens is 709 g/mol. The number of hydrogen-bond acceptors (Lipinski definition) is 8. The lowest BCUT2D eigenvalue weighted by Gasteiger charge is -2.35. The molecule has 0 spiro atoms. The molecule has 0 bridgehead atoms. The smallest absolute Gasteiger partial charge is 0.409 e. The minimum Gasteiger partial charge on any atom is -0.480 e. The fraction of sp³-hybridized carbons (Fsp3) is 0.529. The van der Waals surface area contributed by atoms with E-state index < -0.39 is 34.0 Å². The number of benzene rings is 2. The molecule has 3 saturated heterocycles. The molecule has 0 radical (unpaired) electrons. The van der Waals surface area contributed by atoms with E-state index in [9.17, 15) is 32.7 Å². The molecule has 50 heavy (non-hydrogen) atoms. The summed E-state index contributed by atoms with van der Waals surface area (Å²) in [5, 5.41) is 12.5. The van der Waals surface area contributed by atoms with Crippen LogP contribution in [0, 0.1) is 5.92 Å². The average molecular weight is 753 g/mol. The Bertz CT molecular complexity index is 1610. The summed E-state index contributed by atoms with van der Waals surface area (Å²) in [6.07, 6.45) is 2.26. The number of nitrogens with one attached hydrogen (secondary N) is 1. The number of carboxylic acids is 1. The first-order valence-electron chi connectivity index (χ1n) is 16.9. The molecule has 0 aliphatic carbocycles. The van der Waals surface area contributed by atoms with Gasteiger partial charge in [-0.2, -0.15) is 4.31 Å². The third kappa shape index (κ3) is 9.59. The lowest BCUT2D eigenvalue weighted by molar-refractivity contribution is -0.143. The third-order valence-corrected chi connectivity index (χ3v) is 11.9. The molecule has 3 heterocycles. The van der Waals surface area contributed by atoms with Gasteiger partial charge in [0.1, 0.15) is 12.1 Å². The second-order valence-electron chi connectivity index (χ2n) is 12.9. The van der Waals surface area contributed by atoms with E-state index in [1.807, 2.05) is 18.2 Å². The quantitative estimate of drug-likeness (QED) is 0.326. The van der Waals surface area contributed by atoms with Gasteiger partial charge in [0.15, 0.2) is 0 Å². The van der Waals surface area contributed by atoms with Crippen LogP contribution in [0.15, 0.2) is 53.4 Å². The molecule has 1 unspecified atom stereocenters. The second kappa shape index (κ2) is 17.1. The number of ether oxygens (including phenoxy) is 1. The Kier molecular flexibility index (Phi) is 12.9. The number of rotatable bonds is 12. The number of aliphatic carboxylic acids is 1. The van der Waals surface area contributed by atoms with Crippen molar-refractivity contribution in [1.29, 1.82) is 0 Å². The largest absolute Gasteiger partial charge is 0.480 e. The van der Waals surface area contributed by atoms with Gasteiger partial charge < -0.3 is 29.9 Å². The monoisotopic (exact) mass is 751 g/mol. The molecule has 3 amide bonds. The molecule has 0 saturated carbocycles. The van der Waals surface area contributed by atoms with Gasteiger partial charge in [-0.25, -0.2) is 18.0 Å². The number of amides is 3. The van der Waals surface area contributed by atoms with Crippen LogP contribution in [0.1, 0.15) is 44.9 Å². The zero-order valence-electron chi connectivity index (χ0n) is 27.7. The van der Waals surface area contributed by atoms with Crippen molar-refractivity contribution < 1.29 is 37.4 Å². The van der Waals surface area contributed by atoms with Gasteiger partial charge in [-0.15, -0.1) is 0 Å². The fourth-order valence-corrected chi connectivity index (χ4v) is 9.10.